The van der Waals surface area contributed by atoms with E-state index in [1.54, 1.807) is 6.92 Å². The molecular formula is C14H20F2N2. The van der Waals surface area contributed by atoms with Crippen LogP contribution in [0.3, 0.4) is 0 Å². The van der Waals surface area contributed by atoms with E-state index < -0.39 is 11.6 Å². The molecule has 0 spiro atoms. The van der Waals surface area contributed by atoms with E-state index in [0.717, 1.165) is 25.9 Å². The lowest BCUT2D eigenvalue weighted by Crippen LogP contribution is -2.46. The number of benzene rings is 1. The SMILES string of the molecule is CCNC1CCCN(c2c(F)ccc(C)c2F)C1. The van der Waals surface area contributed by atoms with Gasteiger partial charge in [0, 0.05) is 19.1 Å². The number of halogens is 2. The number of rotatable bonds is 3. The molecule has 0 aromatic heterocycles. The lowest BCUT2D eigenvalue weighted by Gasteiger charge is -2.35. The van der Waals surface area contributed by atoms with E-state index in [9.17, 15) is 8.78 Å². The summed E-state index contributed by atoms with van der Waals surface area (Å²) in [6, 6.07) is 3.16. The maximum Gasteiger partial charge on any atom is 0.152 e. The third-order valence-corrected chi connectivity index (χ3v) is 3.49. The summed E-state index contributed by atoms with van der Waals surface area (Å²) in [7, 11) is 0. The molecular weight excluding hydrogens is 234 g/mol. The van der Waals surface area contributed by atoms with Crippen molar-refractivity contribution in [2.24, 2.45) is 0 Å². The van der Waals surface area contributed by atoms with Gasteiger partial charge in [-0.05, 0) is 37.9 Å². The Labute approximate surface area is 107 Å². The zero-order chi connectivity index (χ0) is 13.1. The third kappa shape index (κ3) is 2.64. The Morgan fingerprint density at radius 3 is 2.89 bits per heavy atom. The second-order valence-electron chi connectivity index (χ2n) is 4.87. The average Bonchev–Trinajstić information content (AvgIpc) is 2.35. The van der Waals surface area contributed by atoms with E-state index in [0.29, 0.717) is 18.2 Å². The van der Waals surface area contributed by atoms with Crippen LogP contribution in [-0.4, -0.2) is 25.7 Å². The van der Waals surface area contributed by atoms with Crippen LogP contribution in [0.25, 0.3) is 0 Å². The number of hydrogen-bond acceptors (Lipinski definition) is 2. The Kier molecular flexibility index (Phi) is 4.17. The standard InChI is InChI=1S/C14H20F2N2/c1-3-17-11-5-4-8-18(9-11)14-12(15)7-6-10(2)13(14)16/h6-7,11,17H,3-5,8-9H2,1-2H3. The molecule has 1 N–H and O–H groups in total. The number of nitrogens with zero attached hydrogens (tertiary/aromatic N) is 1. The molecule has 100 valence electrons. The molecule has 2 nitrogen and oxygen atoms in total. The van der Waals surface area contributed by atoms with Crippen LogP contribution < -0.4 is 10.2 Å². The molecule has 4 heteroatoms. The normalized spacial score (nSPS) is 20.2. The van der Waals surface area contributed by atoms with E-state index in [2.05, 4.69) is 5.32 Å². The van der Waals surface area contributed by atoms with Crippen LogP contribution in [0.1, 0.15) is 25.3 Å². The van der Waals surface area contributed by atoms with Gasteiger partial charge in [-0.1, -0.05) is 13.0 Å². The minimum Gasteiger partial charge on any atom is -0.365 e. The van der Waals surface area contributed by atoms with Crippen molar-refractivity contribution in [3.05, 3.63) is 29.3 Å². The van der Waals surface area contributed by atoms with Gasteiger partial charge in [0.1, 0.15) is 11.5 Å². The monoisotopic (exact) mass is 254 g/mol. The molecule has 1 aromatic rings. The van der Waals surface area contributed by atoms with Gasteiger partial charge in [-0.3, -0.25) is 0 Å². The molecule has 1 fully saturated rings. The molecule has 1 saturated heterocycles. The van der Waals surface area contributed by atoms with E-state index in [4.69, 9.17) is 0 Å². The highest BCUT2D eigenvalue weighted by atomic mass is 19.1. The van der Waals surface area contributed by atoms with Crippen molar-refractivity contribution in [3.63, 3.8) is 0 Å². The first-order valence-corrected chi connectivity index (χ1v) is 6.56. The van der Waals surface area contributed by atoms with Crippen LogP contribution in [0.4, 0.5) is 14.5 Å². The van der Waals surface area contributed by atoms with Gasteiger partial charge in [-0.15, -0.1) is 0 Å². The highest BCUT2D eigenvalue weighted by molar-refractivity contribution is 5.52. The molecule has 0 bridgehead atoms. The minimum atomic E-state index is -0.463. The summed E-state index contributed by atoms with van der Waals surface area (Å²) in [6.07, 6.45) is 2.03. The van der Waals surface area contributed by atoms with E-state index >= 15 is 0 Å². The van der Waals surface area contributed by atoms with Crippen molar-refractivity contribution in [1.82, 2.24) is 5.32 Å². The number of likely N-dealkylation sites (N-methyl/N-ethyl adjacent to an activating group) is 1. The van der Waals surface area contributed by atoms with Gasteiger partial charge in [-0.2, -0.15) is 0 Å². The summed E-state index contributed by atoms with van der Waals surface area (Å²) >= 11 is 0. The second-order valence-corrected chi connectivity index (χ2v) is 4.87. The van der Waals surface area contributed by atoms with Crippen molar-refractivity contribution in [2.45, 2.75) is 32.7 Å². The average molecular weight is 254 g/mol. The Balaban J connectivity index is 2.23. The topological polar surface area (TPSA) is 15.3 Å². The van der Waals surface area contributed by atoms with Gasteiger partial charge in [-0.25, -0.2) is 8.78 Å². The Hall–Kier alpha value is -1.16. The minimum absolute atomic E-state index is 0.137. The zero-order valence-electron chi connectivity index (χ0n) is 11.0. The number of aryl methyl sites for hydroxylation is 1. The van der Waals surface area contributed by atoms with Crippen molar-refractivity contribution < 1.29 is 8.78 Å². The zero-order valence-corrected chi connectivity index (χ0v) is 11.0. The van der Waals surface area contributed by atoms with E-state index in [-0.39, 0.29) is 5.69 Å². The molecule has 2 rings (SSSR count). The lowest BCUT2D eigenvalue weighted by atomic mass is 10.0. The molecule has 0 radical (unpaired) electrons. The van der Waals surface area contributed by atoms with Crippen LogP contribution in [0.15, 0.2) is 12.1 Å². The first-order chi connectivity index (χ1) is 8.63. The molecule has 0 aliphatic carbocycles. The fourth-order valence-corrected chi connectivity index (χ4v) is 2.57. The predicted molar refractivity (Wildman–Crippen MR) is 70.0 cm³/mol. The largest absolute Gasteiger partial charge is 0.365 e. The summed E-state index contributed by atoms with van der Waals surface area (Å²) in [5, 5.41) is 3.35. The fraction of sp³-hybridized carbons (Fsp3) is 0.571. The van der Waals surface area contributed by atoms with Crippen LogP contribution in [0.2, 0.25) is 0 Å². The van der Waals surface area contributed by atoms with Gasteiger partial charge >= 0.3 is 0 Å². The van der Waals surface area contributed by atoms with Crippen LogP contribution in [0.5, 0.6) is 0 Å². The lowest BCUT2D eigenvalue weighted by molar-refractivity contribution is 0.423. The van der Waals surface area contributed by atoms with Gasteiger partial charge in [0.2, 0.25) is 0 Å². The summed E-state index contributed by atoms with van der Waals surface area (Å²) in [6.45, 7) is 6.00. The third-order valence-electron chi connectivity index (χ3n) is 3.49. The molecule has 0 saturated carbocycles. The highest BCUT2D eigenvalue weighted by Crippen LogP contribution is 2.28. The molecule has 18 heavy (non-hydrogen) atoms. The van der Waals surface area contributed by atoms with Crippen LogP contribution in [-0.2, 0) is 0 Å². The molecule has 0 amide bonds. The second kappa shape index (κ2) is 5.65. The molecule has 1 unspecified atom stereocenters. The maximum atomic E-state index is 14.1. The van der Waals surface area contributed by atoms with Gasteiger partial charge in [0.15, 0.2) is 5.82 Å². The van der Waals surface area contributed by atoms with Crippen molar-refractivity contribution in [2.75, 3.05) is 24.5 Å². The Bertz CT molecular complexity index is 419. The van der Waals surface area contributed by atoms with Gasteiger partial charge in [0.25, 0.3) is 0 Å². The number of anilines is 1. The summed E-state index contributed by atoms with van der Waals surface area (Å²) in [5.74, 6) is -0.887. The number of hydrogen-bond donors (Lipinski definition) is 1. The summed E-state index contributed by atoms with van der Waals surface area (Å²) < 4.78 is 27.9. The Morgan fingerprint density at radius 2 is 2.17 bits per heavy atom. The van der Waals surface area contributed by atoms with E-state index in [1.807, 2.05) is 11.8 Å². The first kappa shape index (κ1) is 13.3. The van der Waals surface area contributed by atoms with Gasteiger partial charge < -0.3 is 10.2 Å². The number of piperidine rings is 1. The molecule has 1 aliphatic rings. The molecule has 1 atom stereocenters. The van der Waals surface area contributed by atoms with Crippen molar-refractivity contribution in [3.8, 4) is 0 Å². The van der Waals surface area contributed by atoms with Crippen molar-refractivity contribution in [1.29, 1.82) is 0 Å². The maximum absolute atomic E-state index is 14.1. The summed E-state index contributed by atoms with van der Waals surface area (Å²) in [4.78, 5) is 1.83. The fourth-order valence-electron chi connectivity index (χ4n) is 2.57. The highest BCUT2D eigenvalue weighted by Gasteiger charge is 2.24. The van der Waals surface area contributed by atoms with Gasteiger partial charge in [0.05, 0.1) is 0 Å². The molecule has 1 aliphatic heterocycles. The van der Waals surface area contributed by atoms with E-state index in [1.165, 1.54) is 12.1 Å². The predicted octanol–water partition coefficient (Wildman–Crippen LogP) is 2.85. The molecule has 1 heterocycles. The van der Waals surface area contributed by atoms with Crippen LogP contribution >= 0.6 is 0 Å². The first-order valence-electron chi connectivity index (χ1n) is 6.56. The molecule has 1 aromatic carbocycles. The smallest absolute Gasteiger partial charge is 0.152 e. The number of nitrogens with one attached hydrogen (secondary N) is 1. The quantitative estimate of drug-likeness (QED) is 0.892. The summed E-state index contributed by atoms with van der Waals surface area (Å²) in [5.41, 5.74) is 0.634. The van der Waals surface area contributed by atoms with Crippen molar-refractivity contribution >= 4 is 5.69 Å². The Morgan fingerprint density at radius 1 is 1.39 bits per heavy atom. The van der Waals surface area contributed by atoms with Crippen LogP contribution in [0, 0.1) is 18.6 Å².